The van der Waals surface area contributed by atoms with E-state index in [2.05, 4.69) is 58.3 Å². The monoisotopic (exact) mass is 451 g/mol. The van der Waals surface area contributed by atoms with Crippen LogP contribution in [0.15, 0.2) is 60.7 Å². The quantitative estimate of drug-likeness (QED) is 0.345. The van der Waals surface area contributed by atoms with Crippen molar-refractivity contribution in [2.75, 3.05) is 26.7 Å². The first kappa shape index (κ1) is 20.9. The van der Waals surface area contributed by atoms with E-state index < -0.39 is 0 Å². The van der Waals surface area contributed by atoms with Crippen molar-refractivity contribution in [3.8, 4) is 28.5 Å². The van der Waals surface area contributed by atoms with Gasteiger partial charge in [-0.3, -0.25) is 0 Å². The normalized spacial score (nSPS) is 15.4. The van der Waals surface area contributed by atoms with Crippen molar-refractivity contribution in [1.82, 2.24) is 24.8 Å². The third kappa shape index (κ3) is 3.94. The lowest BCUT2D eigenvalue weighted by Gasteiger charge is -2.29. The number of nitrogens with one attached hydrogen (secondary N) is 2. The van der Waals surface area contributed by atoms with E-state index in [0.29, 0.717) is 12.5 Å². The summed E-state index contributed by atoms with van der Waals surface area (Å²) in [7, 11) is 2.21. The zero-order chi connectivity index (χ0) is 23.1. The van der Waals surface area contributed by atoms with E-state index in [-0.39, 0.29) is 0 Å². The molecule has 1 aliphatic rings. The molecule has 34 heavy (non-hydrogen) atoms. The number of nitrogens with zero attached hydrogens (tertiary/aromatic N) is 3. The highest BCUT2D eigenvalue weighted by atomic mass is 16.5. The third-order valence-electron chi connectivity index (χ3n) is 6.89. The molecule has 6 nitrogen and oxygen atoms in total. The number of H-pyrrole nitrogens is 2. The molecule has 0 atom stereocenters. The van der Waals surface area contributed by atoms with Crippen LogP contribution in [0.5, 0.6) is 5.75 Å². The number of benzene rings is 3. The molecule has 2 aromatic heterocycles. The number of likely N-dealkylation sites (tertiary alicyclic amines) is 1. The molecule has 0 bridgehead atoms. The van der Waals surface area contributed by atoms with Gasteiger partial charge < -0.3 is 19.6 Å². The Labute approximate surface area is 199 Å². The van der Waals surface area contributed by atoms with Gasteiger partial charge in [0.2, 0.25) is 0 Å². The molecule has 0 saturated carbocycles. The Hall–Kier alpha value is -3.64. The predicted molar refractivity (Wildman–Crippen MR) is 137 cm³/mol. The maximum Gasteiger partial charge on any atom is 0.138 e. The number of imidazole rings is 2. The van der Waals surface area contributed by atoms with Crippen molar-refractivity contribution >= 4 is 22.1 Å². The van der Waals surface area contributed by atoms with Gasteiger partial charge in [-0.1, -0.05) is 6.07 Å². The maximum absolute atomic E-state index is 5.55. The van der Waals surface area contributed by atoms with Gasteiger partial charge in [0.1, 0.15) is 17.4 Å². The van der Waals surface area contributed by atoms with Crippen LogP contribution in [0, 0.1) is 0 Å². The highest BCUT2D eigenvalue weighted by molar-refractivity contribution is 5.86. The Balaban J connectivity index is 1.28. The van der Waals surface area contributed by atoms with E-state index in [0.717, 1.165) is 63.7 Å². The van der Waals surface area contributed by atoms with Crippen LogP contribution in [-0.4, -0.2) is 51.6 Å². The van der Waals surface area contributed by atoms with Crippen molar-refractivity contribution in [3.05, 3.63) is 66.2 Å². The molecule has 1 aliphatic heterocycles. The summed E-state index contributed by atoms with van der Waals surface area (Å²) in [6, 6.07) is 21.0. The summed E-state index contributed by atoms with van der Waals surface area (Å²) in [5.41, 5.74) is 7.51. The number of hydrogen-bond donors (Lipinski definition) is 2. The Morgan fingerprint density at radius 2 is 1.44 bits per heavy atom. The second-order valence-electron chi connectivity index (χ2n) is 9.21. The van der Waals surface area contributed by atoms with Crippen LogP contribution in [0.3, 0.4) is 0 Å². The number of hydrogen-bond acceptors (Lipinski definition) is 4. The predicted octanol–water partition coefficient (Wildman–Crippen LogP) is 5.98. The van der Waals surface area contributed by atoms with Gasteiger partial charge in [-0.15, -0.1) is 0 Å². The molecule has 1 saturated heterocycles. The molecule has 0 aliphatic carbocycles. The lowest BCUT2D eigenvalue weighted by molar-refractivity contribution is 0.255. The van der Waals surface area contributed by atoms with Crippen LogP contribution in [-0.2, 0) is 0 Å². The molecule has 6 rings (SSSR count). The molecule has 6 heteroatoms. The van der Waals surface area contributed by atoms with Gasteiger partial charge in [-0.25, -0.2) is 9.97 Å². The first-order valence-electron chi connectivity index (χ1n) is 12.1. The zero-order valence-electron chi connectivity index (χ0n) is 19.6. The molecule has 5 aromatic rings. The molecule has 3 aromatic carbocycles. The SMILES string of the molecule is CCOc1ccc(-c2nc3cc(-c4nc5cc(C6CCN(C)CC6)ccc5[nH]4)ccc3[nH]2)cc1. The molecule has 0 spiro atoms. The Bertz CT molecular complexity index is 1440. The topological polar surface area (TPSA) is 69.8 Å². The maximum atomic E-state index is 5.55. The first-order valence-corrected chi connectivity index (χ1v) is 12.1. The molecule has 0 amide bonds. The van der Waals surface area contributed by atoms with Crippen molar-refractivity contribution in [2.45, 2.75) is 25.7 Å². The van der Waals surface area contributed by atoms with E-state index in [4.69, 9.17) is 14.7 Å². The van der Waals surface area contributed by atoms with Gasteiger partial charge in [0, 0.05) is 11.1 Å². The fraction of sp³-hybridized carbons (Fsp3) is 0.286. The Morgan fingerprint density at radius 3 is 2.15 bits per heavy atom. The molecule has 0 unspecified atom stereocenters. The van der Waals surface area contributed by atoms with Crippen LogP contribution < -0.4 is 4.74 Å². The largest absolute Gasteiger partial charge is 0.494 e. The van der Waals surface area contributed by atoms with Gasteiger partial charge in [-0.2, -0.15) is 0 Å². The summed E-state index contributed by atoms with van der Waals surface area (Å²) >= 11 is 0. The lowest BCUT2D eigenvalue weighted by atomic mass is 9.89. The summed E-state index contributed by atoms with van der Waals surface area (Å²) in [6.07, 6.45) is 2.43. The number of aromatic amines is 2. The average Bonchev–Trinajstić information content (AvgIpc) is 3.48. The molecular weight excluding hydrogens is 422 g/mol. The minimum Gasteiger partial charge on any atom is -0.494 e. The standard InChI is InChI=1S/C28H29N5O/c1-3-34-22-8-4-19(5-9-22)27-29-24-11-7-21(17-26(24)31-27)28-30-23-10-6-20(16-25(23)32-28)18-12-14-33(2)15-13-18/h4-11,16-18H,3,12-15H2,1-2H3,(H,29,31)(H,30,32). The molecule has 0 radical (unpaired) electrons. The van der Waals surface area contributed by atoms with Crippen LogP contribution in [0.4, 0.5) is 0 Å². The minimum absolute atomic E-state index is 0.627. The van der Waals surface area contributed by atoms with Gasteiger partial charge >= 0.3 is 0 Å². The van der Waals surface area contributed by atoms with E-state index in [1.54, 1.807) is 0 Å². The van der Waals surface area contributed by atoms with Crippen molar-refractivity contribution in [1.29, 1.82) is 0 Å². The number of ether oxygens (including phenoxy) is 1. The van der Waals surface area contributed by atoms with E-state index in [1.807, 2.05) is 31.2 Å². The molecule has 1 fully saturated rings. The van der Waals surface area contributed by atoms with Crippen LogP contribution in [0.2, 0.25) is 0 Å². The van der Waals surface area contributed by atoms with E-state index >= 15 is 0 Å². The summed E-state index contributed by atoms with van der Waals surface area (Å²) < 4.78 is 5.55. The molecule has 172 valence electrons. The van der Waals surface area contributed by atoms with Crippen molar-refractivity contribution < 1.29 is 4.74 Å². The Morgan fingerprint density at radius 1 is 0.824 bits per heavy atom. The molecule has 2 N–H and O–H groups in total. The van der Waals surface area contributed by atoms with E-state index in [1.165, 1.54) is 18.4 Å². The van der Waals surface area contributed by atoms with Crippen LogP contribution in [0.1, 0.15) is 31.2 Å². The molecule has 3 heterocycles. The number of fused-ring (bicyclic) bond motifs is 2. The molecular formula is C28H29N5O. The second-order valence-corrected chi connectivity index (χ2v) is 9.21. The number of rotatable bonds is 5. The fourth-order valence-electron chi connectivity index (χ4n) is 4.92. The second kappa shape index (κ2) is 8.61. The summed E-state index contributed by atoms with van der Waals surface area (Å²) in [5, 5.41) is 0. The number of aromatic nitrogens is 4. The van der Waals surface area contributed by atoms with Crippen LogP contribution >= 0.6 is 0 Å². The van der Waals surface area contributed by atoms with Crippen molar-refractivity contribution in [2.24, 2.45) is 0 Å². The minimum atomic E-state index is 0.627. The highest BCUT2D eigenvalue weighted by Crippen LogP contribution is 2.31. The van der Waals surface area contributed by atoms with Crippen molar-refractivity contribution in [3.63, 3.8) is 0 Å². The van der Waals surface area contributed by atoms with Gasteiger partial charge in [-0.05, 0) is 106 Å². The Kier molecular flexibility index (Phi) is 5.30. The van der Waals surface area contributed by atoms with Gasteiger partial charge in [0.25, 0.3) is 0 Å². The fourth-order valence-corrected chi connectivity index (χ4v) is 4.92. The highest BCUT2D eigenvalue weighted by Gasteiger charge is 2.19. The van der Waals surface area contributed by atoms with E-state index in [9.17, 15) is 0 Å². The summed E-state index contributed by atoms with van der Waals surface area (Å²) in [6.45, 7) is 4.98. The summed E-state index contributed by atoms with van der Waals surface area (Å²) in [4.78, 5) is 19.1. The smallest absolute Gasteiger partial charge is 0.138 e. The lowest BCUT2D eigenvalue weighted by Crippen LogP contribution is -2.29. The average molecular weight is 452 g/mol. The zero-order valence-corrected chi connectivity index (χ0v) is 19.6. The summed E-state index contributed by atoms with van der Waals surface area (Å²) in [5.74, 6) is 3.22. The number of piperidine rings is 1. The third-order valence-corrected chi connectivity index (χ3v) is 6.89. The van der Waals surface area contributed by atoms with Gasteiger partial charge in [0.15, 0.2) is 0 Å². The van der Waals surface area contributed by atoms with Gasteiger partial charge in [0.05, 0.1) is 28.7 Å². The van der Waals surface area contributed by atoms with Crippen LogP contribution in [0.25, 0.3) is 44.8 Å². The first-order chi connectivity index (χ1) is 16.7.